The van der Waals surface area contributed by atoms with E-state index in [1.807, 2.05) is 6.92 Å². The van der Waals surface area contributed by atoms with E-state index >= 15 is 0 Å². The van der Waals surface area contributed by atoms with Crippen molar-refractivity contribution in [1.82, 2.24) is 0 Å². The molecule has 1 aliphatic heterocycles. The molecule has 2 atom stereocenters. The Morgan fingerprint density at radius 3 is 2.64 bits per heavy atom. The molecule has 0 radical (unpaired) electrons. The predicted molar refractivity (Wildman–Crippen MR) is 55.3 cm³/mol. The molecule has 14 heavy (non-hydrogen) atoms. The van der Waals surface area contributed by atoms with E-state index in [0.717, 1.165) is 38.9 Å². The summed E-state index contributed by atoms with van der Waals surface area (Å²) in [5.74, 6) is 0.641. The van der Waals surface area contributed by atoms with Crippen LogP contribution in [0.3, 0.4) is 0 Å². The molecule has 0 aromatic rings. The molecule has 0 aromatic heterocycles. The zero-order chi connectivity index (χ0) is 10.4. The van der Waals surface area contributed by atoms with Gasteiger partial charge >= 0.3 is 0 Å². The van der Waals surface area contributed by atoms with Gasteiger partial charge < -0.3 is 14.6 Å². The van der Waals surface area contributed by atoms with Gasteiger partial charge in [0.05, 0.1) is 12.2 Å². The average molecular weight is 202 g/mol. The Bertz CT molecular complexity index is 143. The molecule has 1 heterocycles. The predicted octanol–water partition coefficient (Wildman–Crippen LogP) is 1.59. The highest BCUT2D eigenvalue weighted by Crippen LogP contribution is 2.21. The lowest BCUT2D eigenvalue weighted by atomic mass is 9.92. The summed E-state index contributed by atoms with van der Waals surface area (Å²) in [5, 5.41) is 9.78. The maximum absolute atomic E-state index is 9.78. The minimum atomic E-state index is -0.215. The van der Waals surface area contributed by atoms with E-state index in [2.05, 4.69) is 0 Å². The third kappa shape index (κ3) is 4.40. The molecule has 1 saturated heterocycles. The highest BCUT2D eigenvalue weighted by atomic mass is 16.5. The third-order valence-corrected chi connectivity index (χ3v) is 2.95. The van der Waals surface area contributed by atoms with E-state index in [1.54, 1.807) is 7.11 Å². The smallest absolute Gasteiger partial charge is 0.0567 e. The van der Waals surface area contributed by atoms with Crippen LogP contribution in [0.15, 0.2) is 0 Å². The first kappa shape index (κ1) is 12.0. The molecular formula is C11H22O3. The number of ether oxygens (including phenoxy) is 2. The zero-order valence-corrected chi connectivity index (χ0v) is 9.24. The lowest BCUT2D eigenvalue weighted by Crippen LogP contribution is -2.23. The van der Waals surface area contributed by atoms with Gasteiger partial charge in [-0.25, -0.2) is 0 Å². The summed E-state index contributed by atoms with van der Waals surface area (Å²) in [6.45, 7) is 3.71. The van der Waals surface area contributed by atoms with E-state index in [4.69, 9.17) is 9.47 Å². The molecule has 1 rings (SSSR count). The third-order valence-electron chi connectivity index (χ3n) is 2.95. The summed E-state index contributed by atoms with van der Waals surface area (Å²) in [6, 6.07) is 0. The Balaban J connectivity index is 2.14. The topological polar surface area (TPSA) is 38.7 Å². The van der Waals surface area contributed by atoms with Gasteiger partial charge in [-0.3, -0.25) is 0 Å². The zero-order valence-electron chi connectivity index (χ0n) is 9.24. The first-order valence-electron chi connectivity index (χ1n) is 5.51. The van der Waals surface area contributed by atoms with Crippen LogP contribution in [0.2, 0.25) is 0 Å². The van der Waals surface area contributed by atoms with Gasteiger partial charge in [-0.15, -0.1) is 0 Å². The Kier molecular flexibility index (Phi) is 5.45. The van der Waals surface area contributed by atoms with E-state index in [1.165, 1.54) is 0 Å². The second-order valence-electron chi connectivity index (χ2n) is 4.23. The Morgan fingerprint density at radius 2 is 2.07 bits per heavy atom. The molecule has 0 saturated carbocycles. The van der Waals surface area contributed by atoms with Gasteiger partial charge in [-0.05, 0) is 38.5 Å². The normalized spacial score (nSPS) is 23.4. The first-order chi connectivity index (χ1) is 6.72. The first-order valence-corrected chi connectivity index (χ1v) is 5.51. The largest absolute Gasteiger partial charge is 0.393 e. The maximum atomic E-state index is 9.78. The minimum Gasteiger partial charge on any atom is -0.393 e. The van der Waals surface area contributed by atoms with Crippen molar-refractivity contribution in [2.45, 2.75) is 44.8 Å². The van der Waals surface area contributed by atoms with Crippen LogP contribution in [-0.2, 0) is 9.47 Å². The van der Waals surface area contributed by atoms with E-state index in [-0.39, 0.29) is 12.2 Å². The summed E-state index contributed by atoms with van der Waals surface area (Å²) in [6.07, 6.45) is 3.78. The lowest BCUT2D eigenvalue weighted by Gasteiger charge is -2.25. The molecule has 0 amide bonds. The molecule has 84 valence electrons. The fourth-order valence-electron chi connectivity index (χ4n) is 1.94. The summed E-state index contributed by atoms with van der Waals surface area (Å²) in [7, 11) is 1.69. The molecular weight excluding hydrogens is 180 g/mol. The Morgan fingerprint density at radius 1 is 1.43 bits per heavy atom. The second-order valence-corrected chi connectivity index (χ2v) is 4.23. The van der Waals surface area contributed by atoms with Gasteiger partial charge in [0.15, 0.2) is 0 Å². The van der Waals surface area contributed by atoms with Gasteiger partial charge in [0.1, 0.15) is 0 Å². The molecule has 2 unspecified atom stereocenters. The molecule has 3 heteroatoms. The van der Waals surface area contributed by atoms with Crippen molar-refractivity contribution in [3.05, 3.63) is 0 Å². The van der Waals surface area contributed by atoms with Crippen LogP contribution in [0.5, 0.6) is 0 Å². The molecule has 0 spiro atoms. The molecule has 1 N–H and O–H groups in total. The van der Waals surface area contributed by atoms with Gasteiger partial charge in [0, 0.05) is 20.3 Å². The van der Waals surface area contributed by atoms with Crippen molar-refractivity contribution < 1.29 is 14.6 Å². The van der Waals surface area contributed by atoms with Gasteiger partial charge in [0.2, 0.25) is 0 Å². The van der Waals surface area contributed by atoms with E-state index < -0.39 is 0 Å². The maximum Gasteiger partial charge on any atom is 0.0567 e. The van der Waals surface area contributed by atoms with Crippen molar-refractivity contribution in [2.75, 3.05) is 20.3 Å². The summed E-state index contributed by atoms with van der Waals surface area (Å²) >= 11 is 0. The molecule has 0 aliphatic carbocycles. The lowest BCUT2D eigenvalue weighted by molar-refractivity contribution is 0.0202. The Hall–Kier alpha value is -0.120. The second kappa shape index (κ2) is 6.38. The van der Waals surface area contributed by atoms with Crippen LogP contribution >= 0.6 is 0 Å². The standard InChI is InChI=1S/C11H22O3/c1-9(13-2)7-11(12)8-10-3-5-14-6-4-10/h9-12H,3-8H2,1-2H3. The average Bonchev–Trinajstić information content (AvgIpc) is 2.19. The van der Waals surface area contributed by atoms with Gasteiger partial charge in [-0.1, -0.05) is 0 Å². The highest BCUT2D eigenvalue weighted by molar-refractivity contribution is 4.70. The van der Waals surface area contributed by atoms with Crippen molar-refractivity contribution in [3.8, 4) is 0 Å². The van der Waals surface area contributed by atoms with Gasteiger partial charge in [0.25, 0.3) is 0 Å². The minimum absolute atomic E-state index is 0.157. The summed E-state index contributed by atoms with van der Waals surface area (Å²) in [5.41, 5.74) is 0. The Labute approximate surface area is 86.4 Å². The molecule has 0 bridgehead atoms. The number of aliphatic hydroxyl groups is 1. The van der Waals surface area contributed by atoms with Crippen LogP contribution in [0.25, 0.3) is 0 Å². The SMILES string of the molecule is COC(C)CC(O)CC1CCOCC1. The number of methoxy groups -OCH3 is 1. The van der Waals surface area contributed by atoms with Crippen molar-refractivity contribution >= 4 is 0 Å². The van der Waals surface area contributed by atoms with Crippen molar-refractivity contribution in [2.24, 2.45) is 5.92 Å². The van der Waals surface area contributed by atoms with Crippen LogP contribution in [0.1, 0.15) is 32.6 Å². The van der Waals surface area contributed by atoms with Crippen LogP contribution < -0.4 is 0 Å². The number of hydrogen-bond acceptors (Lipinski definition) is 3. The fourth-order valence-corrected chi connectivity index (χ4v) is 1.94. The fraction of sp³-hybridized carbons (Fsp3) is 1.00. The number of hydrogen-bond donors (Lipinski definition) is 1. The van der Waals surface area contributed by atoms with E-state index in [9.17, 15) is 5.11 Å². The summed E-state index contributed by atoms with van der Waals surface area (Å²) < 4.78 is 10.4. The number of rotatable bonds is 5. The molecule has 1 aliphatic rings. The molecule has 3 nitrogen and oxygen atoms in total. The van der Waals surface area contributed by atoms with Gasteiger partial charge in [-0.2, -0.15) is 0 Å². The monoisotopic (exact) mass is 202 g/mol. The van der Waals surface area contributed by atoms with Crippen LogP contribution in [0.4, 0.5) is 0 Å². The van der Waals surface area contributed by atoms with Crippen molar-refractivity contribution in [3.63, 3.8) is 0 Å². The van der Waals surface area contributed by atoms with Crippen LogP contribution in [-0.4, -0.2) is 37.6 Å². The summed E-state index contributed by atoms with van der Waals surface area (Å²) in [4.78, 5) is 0. The highest BCUT2D eigenvalue weighted by Gasteiger charge is 2.19. The number of aliphatic hydroxyl groups excluding tert-OH is 1. The van der Waals surface area contributed by atoms with Crippen molar-refractivity contribution in [1.29, 1.82) is 0 Å². The molecule has 0 aromatic carbocycles. The van der Waals surface area contributed by atoms with Crippen LogP contribution in [0, 0.1) is 5.92 Å². The molecule has 1 fully saturated rings. The quantitative estimate of drug-likeness (QED) is 0.735. The van der Waals surface area contributed by atoms with E-state index in [0.29, 0.717) is 5.92 Å².